The summed E-state index contributed by atoms with van der Waals surface area (Å²) in [5.41, 5.74) is 0.654. The summed E-state index contributed by atoms with van der Waals surface area (Å²) in [6.45, 7) is 3.56. The number of rotatable bonds is 2. The summed E-state index contributed by atoms with van der Waals surface area (Å²) >= 11 is 1.50. The molecule has 1 aliphatic carbocycles. The molecule has 2 atom stereocenters. The molecule has 2 aromatic heterocycles. The van der Waals surface area contributed by atoms with Crippen molar-refractivity contribution >= 4 is 27.5 Å². The Bertz CT molecular complexity index is 749. The van der Waals surface area contributed by atoms with E-state index in [1.807, 2.05) is 0 Å². The maximum absolute atomic E-state index is 12.5. The fourth-order valence-corrected chi connectivity index (χ4v) is 3.94. The predicted molar refractivity (Wildman–Crippen MR) is 72.6 cm³/mol. The average Bonchev–Trinajstić information content (AvgIpc) is 2.76. The molecule has 2 heterocycles. The van der Waals surface area contributed by atoms with E-state index >= 15 is 0 Å². The standard InChI is InChI=1S/C13H15N3O3S/c1-6-3-4-8-9(5-6)20-11-10(8)12(17)16(15-14-11)7(2)13(18)19/h6-7H,3-5H2,1-2H3,(H,18,19)/p-1/t6-,7-/m1/s1. The predicted octanol–water partition coefficient (Wildman–Crippen LogP) is 0.289. The van der Waals surface area contributed by atoms with Gasteiger partial charge in [-0.25, -0.2) is 4.68 Å². The number of hydrogen-bond acceptors (Lipinski definition) is 6. The van der Waals surface area contributed by atoms with Crippen LogP contribution in [-0.4, -0.2) is 21.0 Å². The molecule has 0 amide bonds. The number of nitrogens with zero attached hydrogens (tertiary/aromatic N) is 3. The van der Waals surface area contributed by atoms with Crippen LogP contribution in [-0.2, 0) is 17.6 Å². The third-order valence-electron chi connectivity index (χ3n) is 3.85. The van der Waals surface area contributed by atoms with Gasteiger partial charge in [0.2, 0.25) is 0 Å². The summed E-state index contributed by atoms with van der Waals surface area (Å²) in [7, 11) is 0. The molecule has 0 aromatic carbocycles. The highest BCUT2D eigenvalue weighted by Gasteiger charge is 2.24. The number of carboxylic acid groups (broad SMARTS) is 1. The lowest BCUT2D eigenvalue weighted by molar-refractivity contribution is -0.310. The van der Waals surface area contributed by atoms with Crippen LogP contribution in [0.5, 0.6) is 0 Å². The van der Waals surface area contributed by atoms with Gasteiger partial charge in [-0.15, -0.1) is 16.4 Å². The van der Waals surface area contributed by atoms with Gasteiger partial charge in [-0.1, -0.05) is 12.1 Å². The second kappa shape index (κ2) is 4.66. The van der Waals surface area contributed by atoms with Crippen LogP contribution in [0.25, 0.3) is 10.2 Å². The molecule has 0 spiro atoms. The molecule has 0 radical (unpaired) electrons. The van der Waals surface area contributed by atoms with Gasteiger partial charge in [-0.3, -0.25) is 4.79 Å². The van der Waals surface area contributed by atoms with E-state index in [0.29, 0.717) is 16.1 Å². The fraction of sp³-hybridized carbons (Fsp3) is 0.538. The maximum atomic E-state index is 12.5. The summed E-state index contributed by atoms with van der Waals surface area (Å²) in [5.74, 6) is -0.730. The summed E-state index contributed by atoms with van der Waals surface area (Å²) in [4.78, 5) is 25.2. The van der Waals surface area contributed by atoms with Crippen molar-refractivity contribution in [3.63, 3.8) is 0 Å². The van der Waals surface area contributed by atoms with Gasteiger partial charge in [0.15, 0.2) is 4.83 Å². The van der Waals surface area contributed by atoms with Gasteiger partial charge in [0.1, 0.15) is 0 Å². The number of fused-ring (bicyclic) bond motifs is 3. The first kappa shape index (κ1) is 13.2. The van der Waals surface area contributed by atoms with E-state index in [1.54, 1.807) is 0 Å². The maximum Gasteiger partial charge on any atom is 0.279 e. The molecule has 2 aromatic rings. The Morgan fingerprint density at radius 2 is 2.30 bits per heavy atom. The van der Waals surface area contributed by atoms with E-state index in [4.69, 9.17) is 0 Å². The van der Waals surface area contributed by atoms with Gasteiger partial charge in [0.25, 0.3) is 5.56 Å². The zero-order valence-electron chi connectivity index (χ0n) is 11.3. The van der Waals surface area contributed by atoms with Crippen LogP contribution in [0.4, 0.5) is 0 Å². The minimum Gasteiger partial charge on any atom is -0.548 e. The number of carboxylic acids is 1. The monoisotopic (exact) mass is 292 g/mol. The number of aliphatic carboxylic acids is 1. The van der Waals surface area contributed by atoms with Crippen LogP contribution in [0.15, 0.2) is 4.79 Å². The lowest BCUT2D eigenvalue weighted by atomic mass is 9.89. The normalized spacial score (nSPS) is 19.8. The van der Waals surface area contributed by atoms with E-state index in [1.165, 1.54) is 23.1 Å². The number of thiophene rings is 1. The van der Waals surface area contributed by atoms with Crippen LogP contribution in [0.2, 0.25) is 0 Å². The summed E-state index contributed by atoms with van der Waals surface area (Å²) in [6, 6.07) is -1.11. The van der Waals surface area contributed by atoms with E-state index in [9.17, 15) is 14.7 Å². The molecule has 106 valence electrons. The van der Waals surface area contributed by atoms with E-state index in [0.717, 1.165) is 29.5 Å². The highest BCUT2D eigenvalue weighted by atomic mass is 32.1. The molecule has 1 aliphatic rings. The minimum atomic E-state index is -1.33. The topological polar surface area (TPSA) is 87.9 Å². The van der Waals surface area contributed by atoms with Gasteiger partial charge in [-0.05, 0) is 37.7 Å². The third-order valence-corrected chi connectivity index (χ3v) is 4.99. The first-order valence-corrected chi connectivity index (χ1v) is 7.41. The van der Waals surface area contributed by atoms with Crippen LogP contribution in [0.1, 0.15) is 36.8 Å². The van der Waals surface area contributed by atoms with Gasteiger partial charge < -0.3 is 9.90 Å². The summed E-state index contributed by atoms with van der Waals surface area (Å²) in [6.07, 6.45) is 2.83. The molecule has 3 rings (SSSR count). The molecule has 20 heavy (non-hydrogen) atoms. The molecule has 0 unspecified atom stereocenters. The minimum absolute atomic E-state index is 0.376. The van der Waals surface area contributed by atoms with Crippen LogP contribution < -0.4 is 10.7 Å². The fourth-order valence-electron chi connectivity index (χ4n) is 2.62. The van der Waals surface area contributed by atoms with Gasteiger partial charge in [0, 0.05) is 4.88 Å². The molecule has 0 N–H and O–H groups in total. The largest absolute Gasteiger partial charge is 0.548 e. The van der Waals surface area contributed by atoms with Gasteiger partial charge in [0.05, 0.1) is 17.4 Å². The van der Waals surface area contributed by atoms with Gasteiger partial charge >= 0.3 is 0 Å². The third kappa shape index (κ3) is 1.93. The molecule has 0 aliphatic heterocycles. The van der Waals surface area contributed by atoms with Crippen molar-refractivity contribution in [3.05, 3.63) is 20.8 Å². The molecular weight excluding hydrogens is 278 g/mol. The van der Waals surface area contributed by atoms with Gasteiger partial charge in [-0.2, -0.15) is 0 Å². The smallest absolute Gasteiger partial charge is 0.279 e. The quantitative estimate of drug-likeness (QED) is 0.793. The zero-order valence-corrected chi connectivity index (χ0v) is 12.1. The van der Waals surface area contributed by atoms with Crippen molar-refractivity contribution < 1.29 is 9.90 Å². The lowest BCUT2D eigenvalue weighted by Crippen LogP contribution is -2.38. The molecule has 7 heteroatoms. The molecule has 0 fully saturated rings. The Morgan fingerprint density at radius 3 is 3.00 bits per heavy atom. The Hall–Kier alpha value is -1.76. The number of carbonyl (C=O) groups excluding carboxylic acids is 1. The van der Waals surface area contributed by atoms with Crippen molar-refractivity contribution in [1.82, 2.24) is 15.0 Å². The van der Waals surface area contributed by atoms with Crippen molar-refractivity contribution in [2.24, 2.45) is 5.92 Å². The number of hydrogen-bond donors (Lipinski definition) is 0. The van der Waals surface area contributed by atoms with Crippen molar-refractivity contribution in [2.45, 2.75) is 39.2 Å². The van der Waals surface area contributed by atoms with Crippen LogP contribution >= 0.6 is 11.3 Å². The lowest BCUT2D eigenvalue weighted by Gasteiger charge is -2.18. The van der Waals surface area contributed by atoms with Crippen molar-refractivity contribution in [2.75, 3.05) is 0 Å². The first-order valence-electron chi connectivity index (χ1n) is 6.59. The van der Waals surface area contributed by atoms with E-state index in [2.05, 4.69) is 17.2 Å². The first-order chi connectivity index (χ1) is 9.49. The SMILES string of the molecule is C[C@@H]1CCc2c(sc3nnn([C@H](C)C(=O)[O-])c(=O)c23)C1. The molecular formula is C13H14N3O3S-. The van der Waals surface area contributed by atoms with Crippen LogP contribution in [0, 0.1) is 5.92 Å². The second-order valence-electron chi connectivity index (χ2n) is 5.37. The Labute approximate surface area is 119 Å². The molecule has 6 nitrogen and oxygen atoms in total. The Kier molecular flexibility index (Phi) is 3.08. The van der Waals surface area contributed by atoms with E-state index < -0.39 is 12.0 Å². The average molecular weight is 292 g/mol. The van der Waals surface area contributed by atoms with Crippen molar-refractivity contribution in [1.29, 1.82) is 0 Å². The zero-order chi connectivity index (χ0) is 14.4. The molecule has 0 saturated carbocycles. The Morgan fingerprint density at radius 1 is 1.55 bits per heavy atom. The van der Waals surface area contributed by atoms with Crippen LogP contribution in [0.3, 0.4) is 0 Å². The number of aromatic nitrogens is 3. The van der Waals surface area contributed by atoms with Crippen molar-refractivity contribution in [3.8, 4) is 0 Å². The number of carbonyl (C=O) groups is 1. The molecule has 0 bridgehead atoms. The number of aryl methyl sites for hydroxylation is 1. The Balaban J connectivity index is 2.23. The summed E-state index contributed by atoms with van der Waals surface area (Å²) < 4.78 is 0.905. The van der Waals surface area contributed by atoms with E-state index in [-0.39, 0.29) is 5.56 Å². The summed E-state index contributed by atoms with van der Waals surface area (Å²) in [5, 5.41) is 19.2. The highest BCUT2D eigenvalue weighted by Crippen LogP contribution is 2.35. The molecule has 0 saturated heterocycles. The highest BCUT2D eigenvalue weighted by molar-refractivity contribution is 7.18. The second-order valence-corrected chi connectivity index (χ2v) is 6.45.